The maximum absolute atomic E-state index is 12.2. The second-order valence-electron chi connectivity index (χ2n) is 5.98. The molecule has 27 heavy (non-hydrogen) atoms. The van der Waals surface area contributed by atoms with Gasteiger partial charge in [-0.1, -0.05) is 24.8 Å². The molecule has 2 aromatic rings. The van der Waals surface area contributed by atoms with Crippen LogP contribution in [-0.2, 0) is 9.53 Å². The molecule has 0 unspecified atom stereocenters. The zero-order valence-electron chi connectivity index (χ0n) is 15.0. The minimum absolute atomic E-state index is 0.238. The standard InChI is InChI=1S/C21H18INO4/c1-13(2)12-26-19-16(22)9-14(11-18(19)25-3)10-17-21(24)27-20(23-17)15-7-5-4-6-8-15/h4-11H,1,12H2,2-3H3. The molecule has 0 saturated heterocycles. The van der Waals surface area contributed by atoms with Crippen molar-refractivity contribution in [3.63, 3.8) is 0 Å². The Labute approximate surface area is 171 Å². The number of methoxy groups -OCH3 is 1. The van der Waals surface area contributed by atoms with Crippen molar-refractivity contribution in [2.75, 3.05) is 13.7 Å². The molecule has 2 aromatic carbocycles. The Morgan fingerprint density at radius 2 is 2.04 bits per heavy atom. The average molecular weight is 475 g/mol. The summed E-state index contributed by atoms with van der Waals surface area (Å²) in [7, 11) is 1.57. The van der Waals surface area contributed by atoms with Gasteiger partial charge in [0, 0.05) is 5.56 Å². The monoisotopic (exact) mass is 475 g/mol. The number of esters is 1. The van der Waals surface area contributed by atoms with Crippen molar-refractivity contribution in [3.05, 3.63) is 75.0 Å². The van der Waals surface area contributed by atoms with Crippen molar-refractivity contribution < 1.29 is 19.0 Å². The van der Waals surface area contributed by atoms with Gasteiger partial charge in [-0.05, 0) is 71.0 Å². The lowest BCUT2D eigenvalue weighted by molar-refractivity contribution is -0.129. The van der Waals surface area contributed by atoms with Gasteiger partial charge < -0.3 is 14.2 Å². The third kappa shape index (κ3) is 4.57. The molecule has 3 rings (SSSR count). The van der Waals surface area contributed by atoms with Crippen LogP contribution in [0.1, 0.15) is 18.1 Å². The maximum atomic E-state index is 12.2. The number of aliphatic imine (C=N–C) groups is 1. The zero-order chi connectivity index (χ0) is 19.4. The van der Waals surface area contributed by atoms with Crippen LogP contribution in [0.5, 0.6) is 11.5 Å². The molecule has 0 aliphatic carbocycles. The summed E-state index contributed by atoms with van der Waals surface area (Å²) >= 11 is 2.17. The van der Waals surface area contributed by atoms with Gasteiger partial charge in [0.25, 0.3) is 0 Å². The molecule has 0 atom stereocenters. The molecular weight excluding hydrogens is 457 g/mol. The van der Waals surface area contributed by atoms with Crippen LogP contribution in [0.3, 0.4) is 0 Å². The summed E-state index contributed by atoms with van der Waals surface area (Å²) in [5.74, 6) is 1.04. The number of cyclic esters (lactones) is 1. The van der Waals surface area contributed by atoms with E-state index in [1.165, 1.54) is 0 Å². The smallest absolute Gasteiger partial charge is 0.363 e. The molecule has 0 fully saturated rings. The molecule has 6 heteroatoms. The molecular formula is C21H18INO4. The van der Waals surface area contributed by atoms with E-state index in [0.29, 0.717) is 24.0 Å². The van der Waals surface area contributed by atoms with Crippen molar-refractivity contribution in [2.24, 2.45) is 4.99 Å². The van der Waals surface area contributed by atoms with E-state index in [1.54, 1.807) is 19.3 Å². The Hall–Kier alpha value is -2.61. The molecule has 1 aliphatic heterocycles. The molecule has 0 N–H and O–H groups in total. The summed E-state index contributed by atoms with van der Waals surface area (Å²) in [6.45, 7) is 6.14. The summed E-state index contributed by atoms with van der Waals surface area (Å²) in [5, 5.41) is 0. The second-order valence-corrected chi connectivity index (χ2v) is 7.14. The van der Waals surface area contributed by atoms with Crippen LogP contribution in [0.2, 0.25) is 0 Å². The average Bonchev–Trinajstić information content (AvgIpc) is 3.01. The maximum Gasteiger partial charge on any atom is 0.363 e. The fourth-order valence-electron chi connectivity index (χ4n) is 2.43. The van der Waals surface area contributed by atoms with E-state index < -0.39 is 5.97 Å². The summed E-state index contributed by atoms with van der Waals surface area (Å²) in [6.07, 6.45) is 1.67. The van der Waals surface area contributed by atoms with Gasteiger partial charge in [-0.25, -0.2) is 9.79 Å². The van der Waals surface area contributed by atoms with E-state index in [9.17, 15) is 4.79 Å². The van der Waals surface area contributed by atoms with Crippen LogP contribution < -0.4 is 9.47 Å². The van der Waals surface area contributed by atoms with Crippen molar-refractivity contribution >= 4 is 40.5 Å². The van der Waals surface area contributed by atoms with Crippen LogP contribution in [0.4, 0.5) is 0 Å². The van der Waals surface area contributed by atoms with Gasteiger partial charge in [0.15, 0.2) is 17.2 Å². The number of carbonyl (C=O) groups is 1. The Bertz CT molecular complexity index is 948. The van der Waals surface area contributed by atoms with E-state index in [0.717, 1.165) is 20.3 Å². The first kappa shape index (κ1) is 19.2. The van der Waals surface area contributed by atoms with E-state index in [2.05, 4.69) is 34.2 Å². The Morgan fingerprint density at radius 3 is 2.70 bits per heavy atom. The first-order valence-electron chi connectivity index (χ1n) is 8.20. The zero-order valence-corrected chi connectivity index (χ0v) is 17.1. The van der Waals surface area contributed by atoms with Crippen LogP contribution in [-0.4, -0.2) is 25.6 Å². The topological polar surface area (TPSA) is 57.1 Å². The van der Waals surface area contributed by atoms with E-state index >= 15 is 0 Å². The summed E-state index contributed by atoms with van der Waals surface area (Å²) < 4.78 is 17.4. The number of rotatable bonds is 6. The van der Waals surface area contributed by atoms with Crippen molar-refractivity contribution in [2.45, 2.75) is 6.92 Å². The lowest BCUT2D eigenvalue weighted by Gasteiger charge is -2.13. The minimum Gasteiger partial charge on any atom is -0.493 e. The Balaban J connectivity index is 1.92. The first-order valence-corrected chi connectivity index (χ1v) is 9.28. The lowest BCUT2D eigenvalue weighted by atomic mass is 10.1. The fourth-order valence-corrected chi connectivity index (χ4v) is 3.21. The number of hydrogen-bond donors (Lipinski definition) is 0. The summed E-state index contributed by atoms with van der Waals surface area (Å²) in [5.41, 5.74) is 2.67. The molecule has 0 bridgehead atoms. The minimum atomic E-state index is -0.481. The third-order valence-corrected chi connectivity index (χ3v) is 4.46. The summed E-state index contributed by atoms with van der Waals surface area (Å²) in [6, 6.07) is 13.0. The fraction of sp³-hybridized carbons (Fsp3) is 0.143. The Morgan fingerprint density at radius 1 is 1.30 bits per heavy atom. The largest absolute Gasteiger partial charge is 0.493 e. The molecule has 0 amide bonds. The highest BCUT2D eigenvalue weighted by Gasteiger charge is 2.24. The first-order chi connectivity index (χ1) is 13.0. The van der Waals surface area contributed by atoms with E-state index in [1.807, 2.05) is 43.3 Å². The molecule has 5 nitrogen and oxygen atoms in total. The second kappa shape index (κ2) is 8.39. The van der Waals surface area contributed by atoms with Crippen molar-refractivity contribution in [3.8, 4) is 11.5 Å². The number of benzene rings is 2. The van der Waals surface area contributed by atoms with Gasteiger partial charge in [0.1, 0.15) is 6.61 Å². The molecule has 1 aliphatic rings. The van der Waals surface area contributed by atoms with Gasteiger partial charge in [-0.2, -0.15) is 0 Å². The van der Waals surface area contributed by atoms with E-state index in [4.69, 9.17) is 14.2 Å². The number of nitrogens with zero attached hydrogens (tertiary/aromatic N) is 1. The highest BCUT2D eigenvalue weighted by atomic mass is 127. The van der Waals surface area contributed by atoms with Gasteiger partial charge >= 0.3 is 5.97 Å². The van der Waals surface area contributed by atoms with Crippen molar-refractivity contribution in [1.29, 1.82) is 0 Å². The predicted octanol–water partition coefficient (Wildman–Crippen LogP) is 4.60. The SMILES string of the molecule is C=C(C)COc1c(I)cc(C=C2N=C(c3ccccc3)OC2=O)cc1OC. The molecule has 0 radical (unpaired) electrons. The molecule has 0 aromatic heterocycles. The molecule has 0 spiro atoms. The lowest BCUT2D eigenvalue weighted by Crippen LogP contribution is -2.05. The number of hydrogen-bond acceptors (Lipinski definition) is 5. The van der Waals surface area contributed by atoms with E-state index in [-0.39, 0.29) is 5.70 Å². The highest BCUT2D eigenvalue weighted by molar-refractivity contribution is 14.1. The van der Waals surface area contributed by atoms with Crippen molar-refractivity contribution in [1.82, 2.24) is 0 Å². The van der Waals surface area contributed by atoms with Gasteiger partial charge in [-0.15, -0.1) is 0 Å². The van der Waals surface area contributed by atoms with Gasteiger partial charge in [0.2, 0.25) is 5.90 Å². The van der Waals surface area contributed by atoms with Gasteiger partial charge in [-0.3, -0.25) is 0 Å². The van der Waals surface area contributed by atoms with Crippen LogP contribution in [0, 0.1) is 3.57 Å². The predicted molar refractivity (Wildman–Crippen MR) is 113 cm³/mol. The molecule has 1 heterocycles. The van der Waals surface area contributed by atoms with Gasteiger partial charge in [0.05, 0.1) is 10.7 Å². The molecule has 138 valence electrons. The normalized spacial score (nSPS) is 14.7. The number of halogens is 1. The quantitative estimate of drug-likeness (QED) is 0.265. The highest BCUT2D eigenvalue weighted by Crippen LogP contribution is 2.35. The number of carbonyl (C=O) groups excluding carboxylic acids is 1. The van der Waals surface area contributed by atoms with Crippen LogP contribution in [0.25, 0.3) is 6.08 Å². The number of ether oxygens (including phenoxy) is 3. The summed E-state index contributed by atoms with van der Waals surface area (Å²) in [4.78, 5) is 16.5. The Kier molecular flexibility index (Phi) is 5.95. The molecule has 0 saturated carbocycles. The third-order valence-electron chi connectivity index (χ3n) is 3.66. The van der Waals surface area contributed by atoms with Crippen LogP contribution >= 0.6 is 22.6 Å². The van der Waals surface area contributed by atoms with Crippen LogP contribution in [0.15, 0.2) is 65.3 Å².